The van der Waals surface area contributed by atoms with E-state index in [1.807, 2.05) is 18.7 Å². The van der Waals surface area contributed by atoms with Crippen LogP contribution in [-0.4, -0.2) is 22.4 Å². The Hall–Kier alpha value is -0.350. The van der Waals surface area contributed by atoms with Gasteiger partial charge >= 0.3 is 0 Å². The standard InChI is InChI=1S/C13H24BrN3/c1-9(2)15-7-6-10(3)8-12-13(14)11(4)16-17(12)5/h9-10,15H,6-8H2,1-5H3. The summed E-state index contributed by atoms with van der Waals surface area (Å²) in [5, 5.41) is 7.89. The van der Waals surface area contributed by atoms with Crippen LogP contribution in [0.5, 0.6) is 0 Å². The Morgan fingerprint density at radius 2 is 2.00 bits per heavy atom. The second kappa shape index (κ2) is 6.55. The first-order chi connectivity index (χ1) is 7.91. The Bertz CT molecular complexity index is 358. The Balaban J connectivity index is 2.47. The molecule has 0 fully saturated rings. The van der Waals surface area contributed by atoms with Crippen LogP contribution < -0.4 is 5.32 Å². The molecule has 1 rings (SSSR count). The molecule has 0 aliphatic carbocycles. The molecule has 0 spiro atoms. The Labute approximate surface area is 113 Å². The molecule has 1 N–H and O–H groups in total. The van der Waals surface area contributed by atoms with Crippen LogP contribution in [-0.2, 0) is 13.5 Å². The first-order valence-electron chi connectivity index (χ1n) is 6.33. The van der Waals surface area contributed by atoms with Gasteiger partial charge in [0.15, 0.2) is 0 Å². The molecule has 0 bridgehead atoms. The molecular weight excluding hydrogens is 278 g/mol. The molecule has 0 aromatic carbocycles. The molecule has 17 heavy (non-hydrogen) atoms. The fourth-order valence-electron chi connectivity index (χ4n) is 1.95. The minimum atomic E-state index is 0.577. The number of aryl methyl sites for hydroxylation is 2. The highest BCUT2D eigenvalue weighted by Crippen LogP contribution is 2.23. The van der Waals surface area contributed by atoms with E-state index in [1.54, 1.807) is 0 Å². The molecule has 98 valence electrons. The molecule has 1 aromatic rings. The average molecular weight is 302 g/mol. The maximum absolute atomic E-state index is 4.43. The van der Waals surface area contributed by atoms with Gasteiger partial charge in [-0.05, 0) is 48.2 Å². The molecule has 0 saturated carbocycles. The fraction of sp³-hybridized carbons (Fsp3) is 0.769. The lowest BCUT2D eigenvalue weighted by molar-refractivity contribution is 0.465. The largest absolute Gasteiger partial charge is 0.315 e. The Kier molecular flexibility index (Phi) is 5.67. The highest BCUT2D eigenvalue weighted by Gasteiger charge is 2.13. The van der Waals surface area contributed by atoms with E-state index in [9.17, 15) is 0 Å². The quantitative estimate of drug-likeness (QED) is 0.875. The molecule has 0 saturated heterocycles. The zero-order valence-electron chi connectivity index (χ0n) is 11.5. The first-order valence-corrected chi connectivity index (χ1v) is 7.12. The van der Waals surface area contributed by atoms with E-state index in [2.05, 4.69) is 47.1 Å². The second-order valence-corrected chi connectivity index (χ2v) is 5.97. The van der Waals surface area contributed by atoms with Crippen LogP contribution in [0.3, 0.4) is 0 Å². The molecule has 1 atom stereocenters. The minimum Gasteiger partial charge on any atom is -0.315 e. The van der Waals surface area contributed by atoms with Crippen molar-refractivity contribution in [1.29, 1.82) is 0 Å². The van der Waals surface area contributed by atoms with Gasteiger partial charge in [0.05, 0.1) is 15.9 Å². The highest BCUT2D eigenvalue weighted by atomic mass is 79.9. The van der Waals surface area contributed by atoms with Gasteiger partial charge in [0.25, 0.3) is 0 Å². The molecule has 0 aliphatic rings. The van der Waals surface area contributed by atoms with E-state index >= 15 is 0 Å². The minimum absolute atomic E-state index is 0.577. The number of nitrogens with one attached hydrogen (secondary N) is 1. The van der Waals surface area contributed by atoms with Crippen molar-refractivity contribution < 1.29 is 0 Å². The van der Waals surface area contributed by atoms with Crippen LogP contribution in [0.1, 0.15) is 38.6 Å². The second-order valence-electron chi connectivity index (χ2n) is 5.18. The number of aromatic nitrogens is 2. The summed E-state index contributed by atoms with van der Waals surface area (Å²) in [5.74, 6) is 0.673. The summed E-state index contributed by atoms with van der Waals surface area (Å²) in [4.78, 5) is 0. The maximum atomic E-state index is 4.43. The van der Waals surface area contributed by atoms with Crippen molar-refractivity contribution >= 4 is 15.9 Å². The van der Waals surface area contributed by atoms with Crippen molar-refractivity contribution in [1.82, 2.24) is 15.1 Å². The van der Waals surface area contributed by atoms with Crippen LogP contribution in [0.15, 0.2) is 4.47 Å². The third-order valence-corrected chi connectivity index (χ3v) is 4.02. The topological polar surface area (TPSA) is 29.9 Å². The van der Waals surface area contributed by atoms with Crippen molar-refractivity contribution in [3.05, 3.63) is 15.9 Å². The van der Waals surface area contributed by atoms with Gasteiger partial charge in [-0.1, -0.05) is 20.8 Å². The number of rotatable bonds is 6. The average Bonchev–Trinajstić information content (AvgIpc) is 2.44. The predicted octanol–water partition coefficient (Wildman–Crippen LogP) is 3.06. The molecule has 0 radical (unpaired) electrons. The van der Waals surface area contributed by atoms with Gasteiger partial charge in [0, 0.05) is 13.1 Å². The van der Waals surface area contributed by atoms with E-state index in [1.165, 1.54) is 16.6 Å². The summed E-state index contributed by atoms with van der Waals surface area (Å²) >= 11 is 3.62. The van der Waals surface area contributed by atoms with Crippen LogP contribution in [0.4, 0.5) is 0 Å². The van der Waals surface area contributed by atoms with Gasteiger partial charge in [-0.2, -0.15) is 5.10 Å². The lowest BCUT2D eigenvalue weighted by Gasteiger charge is -2.14. The molecular formula is C13H24BrN3. The fourth-order valence-corrected chi connectivity index (χ4v) is 2.45. The van der Waals surface area contributed by atoms with Crippen LogP contribution >= 0.6 is 15.9 Å². The number of hydrogen-bond acceptors (Lipinski definition) is 2. The van der Waals surface area contributed by atoms with Crippen molar-refractivity contribution in [3.63, 3.8) is 0 Å². The number of halogens is 1. The van der Waals surface area contributed by atoms with Gasteiger partial charge in [-0.3, -0.25) is 4.68 Å². The molecule has 1 aromatic heterocycles. The van der Waals surface area contributed by atoms with Crippen LogP contribution in [0.2, 0.25) is 0 Å². The van der Waals surface area contributed by atoms with Gasteiger partial charge in [0.2, 0.25) is 0 Å². The molecule has 1 heterocycles. The van der Waals surface area contributed by atoms with E-state index in [-0.39, 0.29) is 0 Å². The number of nitrogens with zero attached hydrogens (tertiary/aromatic N) is 2. The van der Waals surface area contributed by atoms with Gasteiger partial charge in [0.1, 0.15) is 0 Å². The Morgan fingerprint density at radius 3 is 2.47 bits per heavy atom. The van der Waals surface area contributed by atoms with Crippen molar-refractivity contribution in [2.24, 2.45) is 13.0 Å². The molecule has 4 heteroatoms. The first kappa shape index (κ1) is 14.7. The van der Waals surface area contributed by atoms with Gasteiger partial charge in [-0.15, -0.1) is 0 Å². The van der Waals surface area contributed by atoms with E-state index in [0.717, 1.165) is 18.7 Å². The monoisotopic (exact) mass is 301 g/mol. The SMILES string of the molecule is Cc1nn(C)c(CC(C)CCNC(C)C)c1Br. The Morgan fingerprint density at radius 1 is 1.35 bits per heavy atom. The molecule has 0 aliphatic heterocycles. The van der Waals surface area contributed by atoms with Gasteiger partial charge in [-0.25, -0.2) is 0 Å². The number of hydrogen-bond donors (Lipinski definition) is 1. The predicted molar refractivity (Wildman–Crippen MR) is 76.3 cm³/mol. The van der Waals surface area contributed by atoms with Crippen LogP contribution in [0.25, 0.3) is 0 Å². The van der Waals surface area contributed by atoms with E-state index in [4.69, 9.17) is 0 Å². The van der Waals surface area contributed by atoms with E-state index in [0.29, 0.717) is 12.0 Å². The van der Waals surface area contributed by atoms with Crippen molar-refractivity contribution in [2.45, 2.75) is 46.6 Å². The molecule has 1 unspecified atom stereocenters. The summed E-state index contributed by atoms with van der Waals surface area (Å²) in [6.07, 6.45) is 2.28. The summed E-state index contributed by atoms with van der Waals surface area (Å²) in [6.45, 7) is 9.81. The molecule has 3 nitrogen and oxygen atoms in total. The third-order valence-electron chi connectivity index (χ3n) is 2.99. The lowest BCUT2D eigenvalue weighted by Crippen LogP contribution is -2.25. The van der Waals surface area contributed by atoms with E-state index < -0.39 is 0 Å². The van der Waals surface area contributed by atoms with Crippen LogP contribution in [0, 0.1) is 12.8 Å². The highest BCUT2D eigenvalue weighted by molar-refractivity contribution is 9.10. The summed E-state index contributed by atoms with van der Waals surface area (Å²) < 4.78 is 3.16. The lowest BCUT2D eigenvalue weighted by atomic mass is 10.0. The van der Waals surface area contributed by atoms with Gasteiger partial charge < -0.3 is 5.32 Å². The maximum Gasteiger partial charge on any atom is 0.0738 e. The van der Waals surface area contributed by atoms with Crippen molar-refractivity contribution in [2.75, 3.05) is 6.54 Å². The molecule has 0 amide bonds. The zero-order chi connectivity index (χ0) is 13.0. The summed E-state index contributed by atoms with van der Waals surface area (Å²) in [5.41, 5.74) is 2.38. The smallest absolute Gasteiger partial charge is 0.0738 e. The zero-order valence-corrected chi connectivity index (χ0v) is 13.1. The summed E-state index contributed by atoms with van der Waals surface area (Å²) in [6, 6.07) is 0.577. The normalized spacial score (nSPS) is 13.4. The third kappa shape index (κ3) is 4.43. The van der Waals surface area contributed by atoms with Crippen molar-refractivity contribution in [3.8, 4) is 0 Å². The summed E-state index contributed by atoms with van der Waals surface area (Å²) in [7, 11) is 2.02.